The number of likely N-dealkylation sites (tertiary alicyclic amines) is 1. The van der Waals surface area contributed by atoms with E-state index in [0.29, 0.717) is 0 Å². The Morgan fingerprint density at radius 3 is 2.93 bits per heavy atom. The maximum absolute atomic E-state index is 3.90. The zero-order chi connectivity index (χ0) is 10.4. The highest BCUT2D eigenvalue weighted by Crippen LogP contribution is 2.13. The lowest BCUT2D eigenvalue weighted by Crippen LogP contribution is -2.43. The van der Waals surface area contributed by atoms with E-state index in [1.165, 1.54) is 31.4 Å². The van der Waals surface area contributed by atoms with E-state index in [1.54, 1.807) is 0 Å². The molecule has 82 valence electrons. The first kappa shape index (κ1) is 11.7. The number of piperidine rings is 1. The smallest absolute Gasteiger partial charge is 0.0217 e. The van der Waals surface area contributed by atoms with Gasteiger partial charge in [-0.2, -0.15) is 0 Å². The second-order valence-corrected chi connectivity index (χ2v) is 4.54. The topological polar surface area (TPSA) is 15.3 Å². The summed E-state index contributed by atoms with van der Waals surface area (Å²) < 4.78 is 0. The Kier molecular flexibility index (Phi) is 5.20. The first-order chi connectivity index (χ1) is 6.70. The van der Waals surface area contributed by atoms with Crippen molar-refractivity contribution < 1.29 is 0 Å². The third-order valence-electron chi connectivity index (χ3n) is 3.03. The highest BCUT2D eigenvalue weighted by molar-refractivity contribution is 4.88. The summed E-state index contributed by atoms with van der Waals surface area (Å²) in [7, 11) is 2.24. The molecule has 1 atom stereocenters. The van der Waals surface area contributed by atoms with Crippen LogP contribution in [0.3, 0.4) is 0 Å². The third kappa shape index (κ3) is 4.25. The monoisotopic (exact) mass is 196 g/mol. The molecule has 2 nitrogen and oxygen atoms in total. The minimum absolute atomic E-state index is 0.758. The molecule has 0 bridgehead atoms. The van der Waals surface area contributed by atoms with Crippen molar-refractivity contribution in [2.24, 2.45) is 0 Å². The highest BCUT2D eigenvalue weighted by Gasteiger charge is 2.17. The average molecular weight is 196 g/mol. The van der Waals surface area contributed by atoms with Crippen LogP contribution < -0.4 is 5.32 Å². The van der Waals surface area contributed by atoms with Crippen molar-refractivity contribution in [1.29, 1.82) is 0 Å². The van der Waals surface area contributed by atoms with Gasteiger partial charge in [-0.1, -0.05) is 12.0 Å². The van der Waals surface area contributed by atoms with Gasteiger partial charge in [-0.15, -0.1) is 6.58 Å². The zero-order valence-corrected chi connectivity index (χ0v) is 9.68. The molecule has 1 rings (SSSR count). The fourth-order valence-corrected chi connectivity index (χ4v) is 1.97. The summed E-state index contributed by atoms with van der Waals surface area (Å²) in [6, 6.07) is 0.758. The van der Waals surface area contributed by atoms with Crippen LogP contribution in [0.1, 0.15) is 32.6 Å². The standard InChI is InChI=1S/C12H24N2/c1-11(2)7-8-13-10-12-6-4-5-9-14(12)3/h12-13H,1,4-10H2,2-3H3. The Labute approximate surface area is 88.4 Å². The van der Waals surface area contributed by atoms with Gasteiger partial charge in [0.25, 0.3) is 0 Å². The summed E-state index contributed by atoms with van der Waals surface area (Å²) in [6.45, 7) is 9.49. The van der Waals surface area contributed by atoms with Crippen LogP contribution in [-0.4, -0.2) is 37.6 Å². The molecular formula is C12H24N2. The van der Waals surface area contributed by atoms with Gasteiger partial charge in [0, 0.05) is 12.6 Å². The maximum atomic E-state index is 3.90. The highest BCUT2D eigenvalue weighted by atomic mass is 15.2. The molecule has 0 aromatic rings. The van der Waals surface area contributed by atoms with Crippen molar-refractivity contribution in [1.82, 2.24) is 10.2 Å². The summed E-state index contributed by atoms with van der Waals surface area (Å²) in [5.41, 5.74) is 1.27. The van der Waals surface area contributed by atoms with Gasteiger partial charge in [-0.3, -0.25) is 0 Å². The lowest BCUT2D eigenvalue weighted by molar-refractivity contribution is 0.182. The summed E-state index contributed by atoms with van der Waals surface area (Å²) in [5.74, 6) is 0. The Hall–Kier alpha value is -0.340. The van der Waals surface area contributed by atoms with Crippen LogP contribution in [0.5, 0.6) is 0 Å². The molecule has 1 saturated heterocycles. The minimum atomic E-state index is 0.758. The molecule has 0 aromatic carbocycles. The Morgan fingerprint density at radius 2 is 2.29 bits per heavy atom. The van der Waals surface area contributed by atoms with Crippen LogP contribution in [0, 0.1) is 0 Å². The van der Waals surface area contributed by atoms with Crippen LogP contribution in [0.2, 0.25) is 0 Å². The number of likely N-dealkylation sites (N-methyl/N-ethyl adjacent to an activating group) is 1. The second kappa shape index (κ2) is 6.20. The first-order valence-corrected chi connectivity index (χ1v) is 5.75. The normalized spacial score (nSPS) is 23.7. The van der Waals surface area contributed by atoms with Crippen LogP contribution in [-0.2, 0) is 0 Å². The molecule has 1 N–H and O–H groups in total. The first-order valence-electron chi connectivity index (χ1n) is 5.75. The molecule has 0 amide bonds. The largest absolute Gasteiger partial charge is 0.315 e. The van der Waals surface area contributed by atoms with E-state index in [9.17, 15) is 0 Å². The second-order valence-electron chi connectivity index (χ2n) is 4.54. The van der Waals surface area contributed by atoms with Crippen LogP contribution in [0.25, 0.3) is 0 Å². The predicted molar refractivity (Wildman–Crippen MR) is 62.6 cm³/mol. The Morgan fingerprint density at radius 1 is 1.50 bits per heavy atom. The van der Waals surface area contributed by atoms with Crippen molar-refractivity contribution in [3.05, 3.63) is 12.2 Å². The number of nitrogens with one attached hydrogen (secondary N) is 1. The average Bonchev–Trinajstić information content (AvgIpc) is 2.15. The molecule has 0 spiro atoms. The molecule has 1 aliphatic heterocycles. The summed E-state index contributed by atoms with van der Waals surface area (Å²) in [4.78, 5) is 2.48. The van der Waals surface area contributed by atoms with E-state index in [-0.39, 0.29) is 0 Å². The van der Waals surface area contributed by atoms with Crippen molar-refractivity contribution >= 4 is 0 Å². The van der Waals surface area contributed by atoms with Gasteiger partial charge in [0.05, 0.1) is 0 Å². The molecule has 0 aromatic heterocycles. The van der Waals surface area contributed by atoms with Gasteiger partial charge in [-0.05, 0) is 46.3 Å². The van der Waals surface area contributed by atoms with E-state index in [0.717, 1.165) is 25.6 Å². The zero-order valence-electron chi connectivity index (χ0n) is 9.68. The van der Waals surface area contributed by atoms with Crippen molar-refractivity contribution in [3.8, 4) is 0 Å². The molecule has 1 unspecified atom stereocenters. The molecule has 0 radical (unpaired) electrons. The van der Waals surface area contributed by atoms with Crippen molar-refractivity contribution in [2.45, 2.75) is 38.6 Å². The van der Waals surface area contributed by atoms with E-state index < -0.39 is 0 Å². The Balaban J connectivity index is 2.07. The van der Waals surface area contributed by atoms with Gasteiger partial charge >= 0.3 is 0 Å². The van der Waals surface area contributed by atoms with Crippen LogP contribution in [0.4, 0.5) is 0 Å². The number of nitrogens with zero attached hydrogens (tertiary/aromatic N) is 1. The third-order valence-corrected chi connectivity index (χ3v) is 3.03. The fraction of sp³-hybridized carbons (Fsp3) is 0.833. The van der Waals surface area contributed by atoms with Crippen molar-refractivity contribution in [3.63, 3.8) is 0 Å². The molecule has 0 aliphatic carbocycles. The summed E-state index contributed by atoms with van der Waals surface area (Å²) in [5, 5.41) is 3.51. The lowest BCUT2D eigenvalue weighted by atomic mass is 10.0. The van der Waals surface area contributed by atoms with Crippen LogP contribution in [0.15, 0.2) is 12.2 Å². The maximum Gasteiger partial charge on any atom is 0.0217 e. The van der Waals surface area contributed by atoms with Crippen molar-refractivity contribution in [2.75, 3.05) is 26.7 Å². The van der Waals surface area contributed by atoms with Crippen LogP contribution >= 0.6 is 0 Å². The molecule has 2 heteroatoms. The molecular weight excluding hydrogens is 172 g/mol. The molecule has 1 heterocycles. The van der Waals surface area contributed by atoms with Gasteiger partial charge in [0.1, 0.15) is 0 Å². The molecule has 1 fully saturated rings. The van der Waals surface area contributed by atoms with E-state index in [4.69, 9.17) is 0 Å². The fourth-order valence-electron chi connectivity index (χ4n) is 1.97. The van der Waals surface area contributed by atoms with Gasteiger partial charge in [0.15, 0.2) is 0 Å². The minimum Gasteiger partial charge on any atom is -0.315 e. The number of hydrogen-bond donors (Lipinski definition) is 1. The quantitative estimate of drug-likeness (QED) is 0.534. The van der Waals surface area contributed by atoms with E-state index in [2.05, 4.69) is 30.8 Å². The SMILES string of the molecule is C=C(C)CCNCC1CCCCN1C. The Bertz CT molecular complexity index is 177. The number of rotatable bonds is 5. The molecule has 0 saturated carbocycles. The molecule has 1 aliphatic rings. The summed E-state index contributed by atoms with van der Waals surface area (Å²) >= 11 is 0. The van der Waals surface area contributed by atoms with Gasteiger partial charge in [-0.25, -0.2) is 0 Å². The van der Waals surface area contributed by atoms with E-state index >= 15 is 0 Å². The van der Waals surface area contributed by atoms with Gasteiger partial charge < -0.3 is 10.2 Å². The van der Waals surface area contributed by atoms with E-state index in [1.807, 2.05) is 0 Å². The number of hydrogen-bond acceptors (Lipinski definition) is 2. The molecule has 14 heavy (non-hydrogen) atoms. The predicted octanol–water partition coefficient (Wildman–Crippen LogP) is 2.03. The van der Waals surface area contributed by atoms with Gasteiger partial charge in [0.2, 0.25) is 0 Å². The summed E-state index contributed by atoms with van der Waals surface area (Å²) in [6.07, 6.45) is 5.24. The lowest BCUT2D eigenvalue weighted by Gasteiger charge is -2.32.